The van der Waals surface area contributed by atoms with Crippen molar-refractivity contribution >= 4 is 40.5 Å². The average Bonchev–Trinajstić information content (AvgIpc) is 2.40. The SMILES string of the molecule is O=[N+]([O-])c1ccc(OC(F)(F)F)cc1-c1cc(Cl)c(Cl)cc1Cl. The molecule has 0 aliphatic carbocycles. The van der Waals surface area contributed by atoms with E-state index in [9.17, 15) is 23.3 Å². The molecule has 0 amide bonds. The van der Waals surface area contributed by atoms with Crippen molar-refractivity contribution in [2.24, 2.45) is 0 Å². The van der Waals surface area contributed by atoms with Crippen LogP contribution in [0.25, 0.3) is 11.1 Å². The van der Waals surface area contributed by atoms with Gasteiger partial charge in [0.15, 0.2) is 0 Å². The highest BCUT2D eigenvalue weighted by atomic mass is 35.5. The minimum absolute atomic E-state index is 0.00772. The van der Waals surface area contributed by atoms with E-state index in [0.717, 1.165) is 18.2 Å². The number of ether oxygens (including phenoxy) is 1. The number of rotatable bonds is 3. The summed E-state index contributed by atoms with van der Waals surface area (Å²) in [5, 5.41) is 11.2. The van der Waals surface area contributed by atoms with Crippen molar-refractivity contribution in [2.75, 3.05) is 0 Å². The van der Waals surface area contributed by atoms with Gasteiger partial charge in [-0.2, -0.15) is 0 Å². The van der Waals surface area contributed by atoms with Gasteiger partial charge in [0, 0.05) is 11.6 Å². The molecule has 2 aromatic rings. The summed E-state index contributed by atoms with van der Waals surface area (Å²) >= 11 is 17.6. The number of hydrogen-bond donors (Lipinski definition) is 0. The van der Waals surface area contributed by atoms with Gasteiger partial charge in [0.1, 0.15) is 5.75 Å². The first-order chi connectivity index (χ1) is 10.6. The average molecular weight is 387 g/mol. The van der Waals surface area contributed by atoms with E-state index in [2.05, 4.69) is 4.74 Å². The van der Waals surface area contributed by atoms with Gasteiger partial charge in [0.05, 0.1) is 25.6 Å². The Morgan fingerprint density at radius 2 is 1.57 bits per heavy atom. The molecule has 0 radical (unpaired) electrons. The molecule has 0 bridgehead atoms. The summed E-state index contributed by atoms with van der Waals surface area (Å²) in [7, 11) is 0. The second kappa shape index (κ2) is 6.43. The van der Waals surface area contributed by atoms with Crippen LogP contribution in [0.1, 0.15) is 0 Å². The fourth-order valence-electron chi connectivity index (χ4n) is 1.82. The Kier molecular flexibility index (Phi) is 4.93. The smallest absolute Gasteiger partial charge is 0.406 e. The molecule has 0 unspecified atom stereocenters. The summed E-state index contributed by atoms with van der Waals surface area (Å²) in [5.41, 5.74) is -0.583. The predicted molar refractivity (Wildman–Crippen MR) is 80.2 cm³/mol. The van der Waals surface area contributed by atoms with E-state index >= 15 is 0 Å². The van der Waals surface area contributed by atoms with Crippen molar-refractivity contribution in [1.29, 1.82) is 0 Å². The monoisotopic (exact) mass is 385 g/mol. The third kappa shape index (κ3) is 4.19. The molecule has 0 N–H and O–H groups in total. The molecule has 2 aromatic carbocycles. The highest BCUT2D eigenvalue weighted by molar-refractivity contribution is 6.44. The molecule has 0 aromatic heterocycles. The Hall–Kier alpha value is -1.70. The lowest BCUT2D eigenvalue weighted by molar-refractivity contribution is -0.384. The summed E-state index contributed by atoms with van der Waals surface area (Å²) in [5.74, 6) is -0.625. The lowest BCUT2D eigenvalue weighted by Crippen LogP contribution is -2.17. The molecule has 0 fully saturated rings. The van der Waals surface area contributed by atoms with Crippen molar-refractivity contribution in [2.45, 2.75) is 6.36 Å². The van der Waals surface area contributed by atoms with Gasteiger partial charge in [0.2, 0.25) is 0 Å². The Morgan fingerprint density at radius 3 is 2.13 bits per heavy atom. The van der Waals surface area contributed by atoms with Crippen LogP contribution in [0.4, 0.5) is 18.9 Å². The van der Waals surface area contributed by atoms with E-state index in [-0.39, 0.29) is 26.2 Å². The van der Waals surface area contributed by atoms with Gasteiger partial charge >= 0.3 is 6.36 Å². The van der Waals surface area contributed by atoms with Crippen molar-refractivity contribution in [3.8, 4) is 16.9 Å². The van der Waals surface area contributed by atoms with Crippen LogP contribution in [0.5, 0.6) is 5.75 Å². The minimum Gasteiger partial charge on any atom is -0.406 e. The van der Waals surface area contributed by atoms with Crippen LogP contribution in [-0.4, -0.2) is 11.3 Å². The fourth-order valence-corrected chi connectivity index (χ4v) is 2.46. The zero-order valence-electron chi connectivity index (χ0n) is 10.8. The summed E-state index contributed by atoms with van der Waals surface area (Å²) in [6.07, 6.45) is -4.94. The summed E-state index contributed by atoms with van der Waals surface area (Å²) in [6, 6.07) is 5.04. The third-order valence-corrected chi connectivity index (χ3v) is 3.73. The molecule has 0 heterocycles. The van der Waals surface area contributed by atoms with E-state index < -0.39 is 22.7 Å². The van der Waals surface area contributed by atoms with Gasteiger partial charge in [-0.1, -0.05) is 34.8 Å². The zero-order chi connectivity index (χ0) is 17.4. The molecule has 2 rings (SSSR count). The first-order valence-corrected chi connectivity index (χ1v) is 6.91. The number of hydrogen-bond acceptors (Lipinski definition) is 3. The third-order valence-electron chi connectivity index (χ3n) is 2.70. The maximum Gasteiger partial charge on any atom is 0.573 e. The first kappa shape index (κ1) is 17.7. The second-order valence-corrected chi connectivity index (χ2v) is 5.45. The number of alkyl halides is 3. The maximum atomic E-state index is 12.3. The van der Waals surface area contributed by atoms with Crippen LogP contribution in [-0.2, 0) is 0 Å². The van der Waals surface area contributed by atoms with E-state index in [1.54, 1.807) is 0 Å². The molecule has 0 aliphatic heterocycles. The second-order valence-electron chi connectivity index (χ2n) is 4.23. The molecular weight excluding hydrogens is 382 g/mol. The van der Waals surface area contributed by atoms with E-state index in [0.29, 0.717) is 0 Å². The van der Waals surface area contributed by atoms with Gasteiger partial charge in [-0.3, -0.25) is 10.1 Å². The molecule has 0 saturated heterocycles. The van der Waals surface area contributed by atoms with Gasteiger partial charge in [-0.25, -0.2) is 0 Å². The quantitative estimate of drug-likeness (QED) is 0.363. The molecule has 122 valence electrons. The molecule has 0 saturated carbocycles. The van der Waals surface area contributed by atoms with E-state index in [1.807, 2.05) is 0 Å². The Bertz CT molecular complexity index is 781. The topological polar surface area (TPSA) is 52.4 Å². The highest BCUT2D eigenvalue weighted by Gasteiger charge is 2.32. The minimum atomic E-state index is -4.94. The molecule has 0 spiro atoms. The Morgan fingerprint density at radius 1 is 0.957 bits per heavy atom. The predicted octanol–water partition coefficient (Wildman–Crippen LogP) is 6.12. The number of nitro groups is 1. The molecular formula is C13H5Cl3F3NO3. The summed E-state index contributed by atoms with van der Waals surface area (Å²) in [4.78, 5) is 10.3. The van der Waals surface area contributed by atoms with Crippen molar-refractivity contribution in [1.82, 2.24) is 0 Å². The van der Waals surface area contributed by atoms with Crippen molar-refractivity contribution in [3.63, 3.8) is 0 Å². The van der Waals surface area contributed by atoms with Crippen LogP contribution in [0.3, 0.4) is 0 Å². The fraction of sp³-hybridized carbons (Fsp3) is 0.0769. The first-order valence-electron chi connectivity index (χ1n) is 5.77. The zero-order valence-corrected chi connectivity index (χ0v) is 13.1. The van der Waals surface area contributed by atoms with Crippen LogP contribution >= 0.6 is 34.8 Å². The summed E-state index contributed by atoms with van der Waals surface area (Å²) < 4.78 is 40.7. The van der Waals surface area contributed by atoms with Gasteiger partial charge in [0.25, 0.3) is 5.69 Å². The van der Waals surface area contributed by atoms with Crippen LogP contribution in [0.15, 0.2) is 30.3 Å². The van der Waals surface area contributed by atoms with Crippen LogP contribution in [0, 0.1) is 10.1 Å². The lowest BCUT2D eigenvalue weighted by Gasteiger charge is -2.12. The normalized spacial score (nSPS) is 11.4. The van der Waals surface area contributed by atoms with Crippen molar-refractivity contribution in [3.05, 3.63) is 55.5 Å². The molecule has 23 heavy (non-hydrogen) atoms. The number of halogens is 6. The maximum absolute atomic E-state index is 12.3. The van der Waals surface area contributed by atoms with Crippen LogP contribution < -0.4 is 4.74 Å². The number of benzene rings is 2. The van der Waals surface area contributed by atoms with Crippen molar-refractivity contribution < 1.29 is 22.8 Å². The van der Waals surface area contributed by atoms with Gasteiger partial charge in [-0.15, -0.1) is 13.2 Å². The largest absolute Gasteiger partial charge is 0.573 e. The standard InChI is InChI=1S/C13H5Cl3F3NO3/c14-9-5-11(16)10(15)4-7(9)8-3-6(23-13(17,18)19)1-2-12(8)20(21)22/h1-5H. The highest BCUT2D eigenvalue weighted by Crippen LogP contribution is 2.41. The van der Waals surface area contributed by atoms with Crippen LogP contribution in [0.2, 0.25) is 15.1 Å². The Labute approximate surface area is 142 Å². The lowest BCUT2D eigenvalue weighted by atomic mass is 10.0. The summed E-state index contributed by atoms with van der Waals surface area (Å²) in [6.45, 7) is 0. The molecule has 0 aliphatic rings. The Balaban J connectivity index is 2.65. The number of nitrogens with zero attached hydrogens (tertiary/aromatic N) is 1. The molecule has 0 atom stereocenters. The van der Waals surface area contributed by atoms with E-state index in [4.69, 9.17) is 34.8 Å². The van der Waals surface area contributed by atoms with E-state index in [1.165, 1.54) is 12.1 Å². The number of nitro benzene ring substituents is 1. The molecule has 10 heteroatoms. The molecule has 4 nitrogen and oxygen atoms in total. The van der Waals surface area contributed by atoms with Gasteiger partial charge in [-0.05, 0) is 24.3 Å². The van der Waals surface area contributed by atoms with Gasteiger partial charge < -0.3 is 4.74 Å².